The average Bonchev–Trinajstić information content (AvgIpc) is 2.23. The summed E-state index contributed by atoms with van der Waals surface area (Å²) < 4.78 is 5.65. The van der Waals surface area contributed by atoms with Crippen molar-refractivity contribution in [1.82, 2.24) is 5.32 Å². The second kappa shape index (κ2) is 5.75. The van der Waals surface area contributed by atoms with Gasteiger partial charge in [-0.25, -0.2) is 0 Å². The Morgan fingerprint density at radius 3 is 2.62 bits per heavy atom. The van der Waals surface area contributed by atoms with Crippen molar-refractivity contribution >= 4 is 0 Å². The molecular weight excluding hydrogens is 202 g/mol. The molecule has 0 aliphatic heterocycles. The number of likely N-dealkylation sites (N-methyl/N-ethyl adjacent to an activating group) is 1. The molecule has 0 heterocycles. The molecule has 0 spiro atoms. The van der Waals surface area contributed by atoms with E-state index in [1.165, 1.54) is 0 Å². The van der Waals surface area contributed by atoms with Gasteiger partial charge in [0, 0.05) is 12.6 Å². The quantitative estimate of drug-likeness (QED) is 0.753. The van der Waals surface area contributed by atoms with Crippen LogP contribution in [0, 0.1) is 6.92 Å². The van der Waals surface area contributed by atoms with Crippen molar-refractivity contribution in [2.45, 2.75) is 26.7 Å². The van der Waals surface area contributed by atoms with Crippen LogP contribution in [0.3, 0.4) is 0 Å². The van der Waals surface area contributed by atoms with E-state index in [-0.39, 0.29) is 0 Å². The molecule has 1 aromatic rings. The number of rotatable bonds is 5. The second-order valence-corrected chi connectivity index (χ2v) is 4.28. The maximum absolute atomic E-state index is 9.67. The van der Waals surface area contributed by atoms with Gasteiger partial charge < -0.3 is 15.2 Å². The van der Waals surface area contributed by atoms with Gasteiger partial charge in [0.05, 0.1) is 0 Å². The van der Waals surface area contributed by atoms with E-state index in [2.05, 4.69) is 19.2 Å². The van der Waals surface area contributed by atoms with Gasteiger partial charge in [0.1, 0.15) is 18.1 Å². The van der Waals surface area contributed by atoms with Gasteiger partial charge in [0.2, 0.25) is 0 Å². The maximum Gasteiger partial charge on any atom is 0.126 e. The molecule has 0 amide bonds. The third-order valence-electron chi connectivity index (χ3n) is 2.56. The third kappa shape index (κ3) is 3.14. The summed E-state index contributed by atoms with van der Waals surface area (Å²) in [5, 5.41) is 12.7. The predicted molar refractivity (Wildman–Crippen MR) is 66.4 cm³/mol. The van der Waals surface area contributed by atoms with E-state index >= 15 is 0 Å². The number of aromatic hydroxyl groups is 1. The molecule has 0 saturated heterocycles. The molecule has 0 atom stereocenters. The number of hydrogen-bond donors (Lipinski definition) is 2. The van der Waals surface area contributed by atoms with Crippen LogP contribution in [0.15, 0.2) is 12.1 Å². The largest absolute Gasteiger partial charge is 0.508 e. The summed E-state index contributed by atoms with van der Waals surface area (Å²) in [5.41, 5.74) is 2.04. The number of phenolic OH excluding ortho intramolecular Hbond substituents is 1. The molecule has 0 radical (unpaired) electrons. The van der Waals surface area contributed by atoms with Gasteiger partial charge in [0.15, 0.2) is 0 Å². The minimum atomic E-state index is 0.295. The Balaban J connectivity index is 2.91. The zero-order chi connectivity index (χ0) is 12.1. The molecule has 3 heteroatoms. The topological polar surface area (TPSA) is 41.5 Å². The number of benzene rings is 1. The number of hydrogen-bond acceptors (Lipinski definition) is 3. The summed E-state index contributed by atoms with van der Waals surface area (Å²) in [6, 6.07) is 3.70. The van der Waals surface area contributed by atoms with Crippen molar-refractivity contribution in [3.05, 3.63) is 23.3 Å². The van der Waals surface area contributed by atoms with Crippen molar-refractivity contribution < 1.29 is 9.84 Å². The Bertz CT molecular complexity index is 348. The van der Waals surface area contributed by atoms with Gasteiger partial charge in [-0.15, -0.1) is 0 Å². The van der Waals surface area contributed by atoms with Crippen LogP contribution in [-0.4, -0.2) is 25.3 Å². The SMILES string of the molecule is CNCCOc1cc(O)c(C)cc1C(C)C. The fourth-order valence-corrected chi connectivity index (χ4v) is 1.54. The second-order valence-electron chi connectivity index (χ2n) is 4.28. The number of ether oxygens (including phenoxy) is 1. The molecule has 0 saturated carbocycles. The molecule has 3 nitrogen and oxygen atoms in total. The van der Waals surface area contributed by atoms with Crippen molar-refractivity contribution in [3.8, 4) is 11.5 Å². The Labute approximate surface area is 97.4 Å². The van der Waals surface area contributed by atoms with Gasteiger partial charge in [-0.1, -0.05) is 13.8 Å². The highest BCUT2D eigenvalue weighted by molar-refractivity contribution is 5.46. The van der Waals surface area contributed by atoms with E-state index < -0.39 is 0 Å². The maximum atomic E-state index is 9.67. The Morgan fingerprint density at radius 2 is 2.06 bits per heavy atom. The molecule has 0 bridgehead atoms. The van der Waals surface area contributed by atoms with Crippen molar-refractivity contribution in [2.75, 3.05) is 20.2 Å². The van der Waals surface area contributed by atoms with Crippen LogP contribution in [-0.2, 0) is 0 Å². The van der Waals surface area contributed by atoms with Crippen LogP contribution in [0.25, 0.3) is 0 Å². The fourth-order valence-electron chi connectivity index (χ4n) is 1.54. The molecule has 0 unspecified atom stereocenters. The summed E-state index contributed by atoms with van der Waals surface area (Å²) in [5.74, 6) is 1.47. The van der Waals surface area contributed by atoms with Gasteiger partial charge in [-0.2, -0.15) is 0 Å². The zero-order valence-electron chi connectivity index (χ0n) is 10.5. The molecule has 0 aliphatic rings. The van der Waals surface area contributed by atoms with Crippen molar-refractivity contribution in [1.29, 1.82) is 0 Å². The standard InChI is InChI=1S/C13H21NO2/c1-9(2)11-7-10(3)12(15)8-13(11)16-6-5-14-4/h7-9,14-15H,5-6H2,1-4H3. The van der Waals surface area contributed by atoms with E-state index in [4.69, 9.17) is 4.74 Å². The molecule has 0 aromatic heterocycles. The Hall–Kier alpha value is -1.22. The lowest BCUT2D eigenvalue weighted by Crippen LogP contribution is -2.16. The average molecular weight is 223 g/mol. The number of nitrogens with one attached hydrogen (secondary N) is 1. The molecule has 2 N–H and O–H groups in total. The molecule has 1 rings (SSSR count). The zero-order valence-corrected chi connectivity index (χ0v) is 10.5. The minimum Gasteiger partial charge on any atom is -0.508 e. The molecule has 0 aliphatic carbocycles. The van der Waals surface area contributed by atoms with Crippen LogP contribution in [0.5, 0.6) is 11.5 Å². The summed E-state index contributed by atoms with van der Waals surface area (Å²) in [6.07, 6.45) is 0. The molecular formula is C13H21NO2. The number of phenols is 1. The molecule has 16 heavy (non-hydrogen) atoms. The van der Waals surface area contributed by atoms with Crippen LogP contribution < -0.4 is 10.1 Å². The normalized spacial score (nSPS) is 10.8. The van der Waals surface area contributed by atoms with Crippen LogP contribution in [0.4, 0.5) is 0 Å². The first kappa shape index (κ1) is 12.8. The number of aryl methyl sites for hydroxylation is 1. The summed E-state index contributed by atoms with van der Waals surface area (Å²) in [4.78, 5) is 0. The molecule has 1 aromatic carbocycles. The van der Waals surface area contributed by atoms with E-state index in [1.54, 1.807) is 6.07 Å². The Kier molecular flexibility index (Phi) is 4.62. The molecule has 0 fully saturated rings. The lowest BCUT2D eigenvalue weighted by atomic mass is 9.99. The van der Waals surface area contributed by atoms with E-state index in [1.807, 2.05) is 20.0 Å². The lowest BCUT2D eigenvalue weighted by molar-refractivity contribution is 0.312. The van der Waals surface area contributed by atoms with E-state index in [0.717, 1.165) is 23.4 Å². The highest BCUT2D eigenvalue weighted by Crippen LogP contribution is 2.32. The van der Waals surface area contributed by atoms with E-state index in [0.29, 0.717) is 18.3 Å². The van der Waals surface area contributed by atoms with Crippen molar-refractivity contribution in [3.63, 3.8) is 0 Å². The monoisotopic (exact) mass is 223 g/mol. The van der Waals surface area contributed by atoms with Crippen LogP contribution in [0.1, 0.15) is 30.9 Å². The Morgan fingerprint density at radius 1 is 1.38 bits per heavy atom. The third-order valence-corrected chi connectivity index (χ3v) is 2.56. The smallest absolute Gasteiger partial charge is 0.126 e. The summed E-state index contributed by atoms with van der Waals surface area (Å²) in [7, 11) is 1.89. The lowest BCUT2D eigenvalue weighted by Gasteiger charge is -2.15. The minimum absolute atomic E-state index is 0.295. The van der Waals surface area contributed by atoms with Crippen LogP contribution >= 0.6 is 0 Å². The fraction of sp³-hybridized carbons (Fsp3) is 0.538. The van der Waals surface area contributed by atoms with Gasteiger partial charge in [-0.3, -0.25) is 0 Å². The highest BCUT2D eigenvalue weighted by Gasteiger charge is 2.11. The first-order valence-electron chi connectivity index (χ1n) is 5.67. The summed E-state index contributed by atoms with van der Waals surface area (Å²) >= 11 is 0. The molecule has 90 valence electrons. The predicted octanol–water partition coefficient (Wildman–Crippen LogP) is 2.42. The summed E-state index contributed by atoms with van der Waals surface area (Å²) in [6.45, 7) is 7.55. The van der Waals surface area contributed by atoms with Gasteiger partial charge in [-0.05, 0) is 37.1 Å². The first-order valence-corrected chi connectivity index (χ1v) is 5.67. The first-order chi connectivity index (χ1) is 7.56. The van der Waals surface area contributed by atoms with E-state index in [9.17, 15) is 5.11 Å². The van der Waals surface area contributed by atoms with Crippen molar-refractivity contribution in [2.24, 2.45) is 0 Å². The van der Waals surface area contributed by atoms with Gasteiger partial charge >= 0.3 is 0 Å². The van der Waals surface area contributed by atoms with Gasteiger partial charge in [0.25, 0.3) is 0 Å². The van der Waals surface area contributed by atoms with Crippen LogP contribution in [0.2, 0.25) is 0 Å². The highest BCUT2D eigenvalue weighted by atomic mass is 16.5.